The molecule has 0 aliphatic rings. The molecule has 6 heteroatoms. The molecule has 0 aliphatic heterocycles. The maximum absolute atomic E-state index is 12.3. The zero-order valence-electron chi connectivity index (χ0n) is 15.7. The molecule has 3 rings (SSSR count). The second-order valence-electron chi connectivity index (χ2n) is 6.50. The van der Waals surface area contributed by atoms with Crippen LogP contribution in [0.4, 0.5) is 0 Å². The van der Waals surface area contributed by atoms with Crippen molar-refractivity contribution in [2.45, 2.75) is 39.7 Å². The molecule has 1 heterocycles. The van der Waals surface area contributed by atoms with E-state index in [9.17, 15) is 4.79 Å². The lowest BCUT2D eigenvalue weighted by atomic mass is 10.1. The zero-order chi connectivity index (χ0) is 19.2. The van der Waals surface area contributed by atoms with Crippen LogP contribution in [-0.4, -0.2) is 21.3 Å². The van der Waals surface area contributed by atoms with Crippen LogP contribution in [0.25, 0.3) is 0 Å². The third-order valence-corrected chi connectivity index (χ3v) is 4.92. The number of amides is 1. The Morgan fingerprint density at radius 1 is 1.22 bits per heavy atom. The monoisotopic (exact) mass is 381 g/mol. The summed E-state index contributed by atoms with van der Waals surface area (Å²) in [5, 5.41) is 3.44. The lowest BCUT2D eigenvalue weighted by molar-refractivity contribution is 0.0939. The molecule has 1 N–H and O–H groups in total. The number of benzene rings is 2. The predicted molar refractivity (Wildman–Crippen MR) is 108 cm³/mol. The first-order chi connectivity index (χ1) is 13.0. The minimum atomic E-state index is -0.101. The quantitative estimate of drug-likeness (QED) is 0.641. The minimum Gasteiger partial charge on any atom is -0.430 e. The second-order valence-corrected chi connectivity index (χ2v) is 7.22. The average molecular weight is 382 g/mol. The fourth-order valence-corrected chi connectivity index (χ4v) is 3.05. The Balaban J connectivity index is 1.72. The van der Waals surface area contributed by atoms with Crippen molar-refractivity contribution in [2.24, 2.45) is 0 Å². The van der Waals surface area contributed by atoms with Crippen LogP contribution in [0.1, 0.15) is 47.6 Å². The average Bonchev–Trinajstić information content (AvgIpc) is 3.11. The van der Waals surface area contributed by atoms with Crippen molar-refractivity contribution in [1.29, 1.82) is 0 Å². The number of hydrogen-bond acceptors (Lipinski definition) is 5. The van der Waals surface area contributed by atoms with E-state index in [1.54, 1.807) is 12.1 Å². The molecule has 0 radical (unpaired) electrons. The number of nitrogens with zero attached hydrogens (tertiary/aromatic N) is 2. The first-order valence-electron chi connectivity index (χ1n) is 9.01. The van der Waals surface area contributed by atoms with Crippen LogP contribution in [0.3, 0.4) is 0 Å². The van der Waals surface area contributed by atoms with Crippen LogP contribution in [-0.2, 0) is 6.42 Å². The summed E-state index contributed by atoms with van der Waals surface area (Å²) in [6.07, 6.45) is 1.55. The van der Waals surface area contributed by atoms with Crippen molar-refractivity contribution in [3.05, 3.63) is 71.0 Å². The first kappa shape index (κ1) is 19.0. The van der Waals surface area contributed by atoms with Gasteiger partial charge in [-0.25, -0.2) is 0 Å². The molecule has 1 amide bonds. The van der Waals surface area contributed by atoms with Crippen molar-refractivity contribution < 1.29 is 9.53 Å². The second kappa shape index (κ2) is 8.77. The predicted octanol–water partition coefficient (Wildman–Crippen LogP) is 4.76. The van der Waals surface area contributed by atoms with Gasteiger partial charge in [0.25, 0.3) is 11.1 Å². The highest BCUT2D eigenvalue weighted by atomic mass is 32.1. The standard InChI is InChI=1S/C21H23N3O2S/c1-4-15(3)22-20(25)17-11-10-14(2)18(13-17)26-21-23-19(24-27-21)12-16-8-6-5-7-9-16/h5-11,13,15H,4,12H2,1-3H3,(H,22,25)/t15-/m0/s1. The number of rotatable bonds is 7. The molecule has 0 saturated heterocycles. The molecule has 2 aromatic carbocycles. The van der Waals surface area contributed by atoms with Gasteiger partial charge in [-0.2, -0.15) is 9.36 Å². The summed E-state index contributed by atoms with van der Waals surface area (Å²) in [4.78, 5) is 16.8. The van der Waals surface area contributed by atoms with Gasteiger partial charge in [-0.05, 0) is 43.5 Å². The number of hydrogen-bond donors (Lipinski definition) is 1. The van der Waals surface area contributed by atoms with E-state index in [2.05, 4.69) is 14.7 Å². The number of carbonyl (C=O) groups excluding carboxylic acids is 1. The molecule has 0 saturated carbocycles. The fourth-order valence-electron chi connectivity index (χ4n) is 2.48. The lowest BCUT2D eigenvalue weighted by Crippen LogP contribution is -2.31. The molecule has 0 fully saturated rings. The van der Waals surface area contributed by atoms with Crippen LogP contribution < -0.4 is 10.1 Å². The number of carbonyl (C=O) groups is 1. The van der Waals surface area contributed by atoms with Gasteiger partial charge in [-0.1, -0.05) is 43.3 Å². The fraction of sp³-hybridized carbons (Fsp3) is 0.286. The molecular weight excluding hydrogens is 358 g/mol. The Hall–Kier alpha value is -2.73. The Kier molecular flexibility index (Phi) is 6.19. The summed E-state index contributed by atoms with van der Waals surface area (Å²) in [6, 6.07) is 15.7. The molecule has 1 atom stereocenters. The molecule has 0 bridgehead atoms. The molecule has 3 aromatic rings. The van der Waals surface area contributed by atoms with Crippen molar-refractivity contribution in [3.63, 3.8) is 0 Å². The molecular formula is C21H23N3O2S. The SMILES string of the molecule is CC[C@H](C)NC(=O)c1ccc(C)c(Oc2nc(Cc3ccccc3)ns2)c1. The Labute approximate surface area is 163 Å². The van der Waals surface area contributed by atoms with Gasteiger partial charge < -0.3 is 10.1 Å². The van der Waals surface area contributed by atoms with E-state index < -0.39 is 0 Å². The van der Waals surface area contributed by atoms with Gasteiger partial charge in [-0.15, -0.1) is 0 Å². The molecule has 27 heavy (non-hydrogen) atoms. The van der Waals surface area contributed by atoms with E-state index in [-0.39, 0.29) is 11.9 Å². The van der Waals surface area contributed by atoms with Gasteiger partial charge in [0.05, 0.1) is 0 Å². The topological polar surface area (TPSA) is 64.1 Å². The molecule has 140 valence electrons. The van der Waals surface area contributed by atoms with Crippen molar-refractivity contribution >= 4 is 17.4 Å². The summed E-state index contributed by atoms with van der Waals surface area (Å²) in [6.45, 7) is 5.97. The van der Waals surface area contributed by atoms with E-state index in [0.717, 1.165) is 23.4 Å². The summed E-state index contributed by atoms with van der Waals surface area (Å²) in [5.41, 5.74) is 2.67. The molecule has 5 nitrogen and oxygen atoms in total. The minimum absolute atomic E-state index is 0.101. The zero-order valence-corrected chi connectivity index (χ0v) is 16.5. The third-order valence-electron chi connectivity index (χ3n) is 4.29. The Morgan fingerprint density at radius 3 is 2.74 bits per heavy atom. The summed E-state index contributed by atoms with van der Waals surface area (Å²) in [5.74, 6) is 1.25. The van der Waals surface area contributed by atoms with Gasteiger partial charge in [0.1, 0.15) is 5.75 Å². The lowest BCUT2D eigenvalue weighted by Gasteiger charge is -2.12. The van der Waals surface area contributed by atoms with E-state index >= 15 is 0 Å². The maximum atomic E-state index is 12.3. The molecule has 0 spiro atoms. The van der Waals surface area contributed by atoms with Gasteiger partial charge >= 0.3 is 0 Å². The summed E-state index contributed by atoms with van der Waals surface area (Å²) in [7, 11) is 0. The normalized spacial score (nSPS) is 11.8. The van der Waals surface area contributed by atoms with Crippen LogP contribution in [0, 0.1) is 6.92 Å². The van der Waals surface area contributed by atoms with Gasteiger partial charge in [-0.3, -0.25) is 4.79 Å². The first-order valence-corrected chi connectivity index (χ1v) is 9.78. The highest BCUT2D eigenvalue weighted by Crippen LogP contribution is 2.28. The number of ether oxygens (including phenoxy) is 1. The molecule has 0 aliphatic carbocycles. The molecule has 1 aromatic heterocycles. The van der Waals surface area contributed by atoms with Gasteiger partial charge in [0, 0.05) is 29.6 Å². The van der Waals surface area contributed by atoms with Crippen LogP contribution in [0.2, 0.25) is 0 Å². The van der Waals surface area contributed by atoms with Crippen LogP contribution in [0.5, 0.6) is 10.9 Å². The molecule has 0 unspecified atom stereocenters. The Morgan fingerprint density at radius 2 is 2.00 bits per heavy atom. The van der Waals surface area contributed by atoms with Crippen molar-refractivity contribution in [2.75, 3.05) is 0 Å². The summed E-state index contributed by atoms with van der Waals surface area (Å²) >= 11 is 1.22. The smallest absolute Gasteiger partial charge is 0.298 e. The highest BCUT2D eigenvalue weighted by molar-refractivity contribution is 7.07. The van der Waals surface area contributed by atoms with E-state index in [1.807, 2.05) is 57.2 Å². The van der Waals surface area contributed by atoms with E-state index in [0.29, 0.717) is 22.9 Å². The number of aryl methyl sites for hydroxylation is 1. The number of nitrogens with one attached hydrogen (secondary N) is 1. The van der Waals surface area contributed by atoms with Crippen molar-refractivity contribution in [3.8, 4) is 10.9 Å². The Bertz CT molecular complexity index is 909. The van der Waals surface area contributed by atoms with E-state index in [1.165, 1.54) is 11.5 Å². The van der Waals surface area contributed by atoms with Crippen LogP contribution >= 0.6 is 11.5 Å². The van der Waals surface area contributed by atoms with Gasteiger partial charge in [0.15, 0.2) is 5.82 Å². The summed E-state index contributed by atoms with van der Waals surface area (Å²) < 4.78 is 10.3. The third kappa shape index (κ3) is 5.14. The highest BCUT2D eigenvalue weighted by Gasteiger charge is 2.13. The maximum Gasteiger partial charge on any atom is 0.298 e. The van der Waals surface area contributed by atoms with Crippen LogP contribution in [0.15, 0.2) is 48.5 Å². The largest absolute Gasteiger partial charge is 0.430 e. The van der Waals surface area contributed by atoms with Gasteiger partial charge in [0.2, 0.25) is 0 Å². The van der Waals surface area contributed by atoms with Crippen molar-refractivity contribution in [1.82, 2.24) is 14.7 Å². The number of aromatic nitrogens is 2. The van der Waals surface area contributed by atoms with E-state index in [4.69, 9.17) is 4.74 Å².